The van der Waals surface area contributed by atoms with Crippen LogP contribution in [0.4, 0.5) is 0 Å². The molecule has 0 aliphatic rings. The molecule has 0 radical (unpaired) electrons. The number of amides is 2. The standard InChI is InChI=1S/C31H32N4O6S2/c1-3-9-22-15-28(31(39)34-23(17-30(37)38)14-21-10-5-4-6-11-21)42-27(22)16-24-18-33-26(19-32-24)25-12-7-8-13-29(25)43(40,41)35-20(2)36/h4-8,10-13,15,18-19,23H,3,9,14,16-17H2,1-2H3,(H,34,39)(H,35,36)(H,37,38). The van der Waals surface area contributed by atoms with Crippen molar-refractivity contribution >= 4 is 39.1 Å². The fraction of sp³-hybridized carbons (Fsp3) is 0.258. The molecule has 2 aromatic carbocycles. The molecule has 224 valence electrons. The molecule has 1 atom stereocenters. The van der Waals surface area contributed by atoms with E-state index in [2.05, 4.69) is 15.3 Å². The van der Waals surface area contributed by atoms with Crippen molar-refractivity contribution in [3.8, 4) is 11.3 Å². The zero-order valence-electron chi connectivity index (χ0n) is 23.7. The average Bonchev–Trinajstić information content (AvgIpc) is 3.35. The van der Waals surface area contributed by atoms with Gasteiger partial charge >= 0.3 is 5.97 Å². The second kappa shape index (κ2) is 14.2. The summed E-state index contributed by atoms with van der Waals surface area (Å²) in [5, 5.41) is 12.3. The SMILES string of the molecule is CCCc1cc(C(=O)NC(CC(=O)O)Cc2ccccc2)sc1Cc1cnc(-c2ccccc2S(=O)(=O)NC(C)=O)cn1. The lowest BCUT2D eigenvalue weighted by Gasteiger charge is -2.16. The number of sulfonamides is 1. The number of benzene rings is 2. The highest BCUT2D eigenvalue weighted by Gasteiger charge is 2.23. The second-order valence-electron chi connectivity index (χ2n) is 9.99. The third kappa shape index (κ3) is 8.55. The van der Waals surface area contributed by atoms with Gasteiger partial charge in [0.15, 0.2) is 0 Å². The van der Waals surface area contributed by atoms with E-state index >= 15 is 0 Å². The number of rotatable bonds is 13. The first-order valence-corrected chi connectivity index (χ1v) is 16.0. The quantitative estimate of drug-likeness (QED) is 0.199. The van der Waals surface area contributed by atoms with Crippen LogP contribution in [0, 0.1) is 0 Å². The number of hydrogen-bond donors (Lipinski definition) is 3. The molecule has 2 heterocycles. The van der Waals surface area contributed by atoms with Gasteiger partial charge < -0.3 is 10.4 Å². The summed E-state index contributed by atoms with van der Waals surface area (Å²) in [4.78, 5) is 46.5. The lowest BCUT2D eigenvalue weighted by Crippen LogP contribution is -2.37. The first-order valence-electron chi connectivity index (χ1n) is 13.7. The largest absolute Gasteiger partial charge is 0.481 e. The molecule has 4 rings (SSSR count). The highest BCUT2D eigenvalue weighted by Crippen LogP contribution is 2.28. The van der Waals surface area contributed by atoms with E-state index in [0.717, 1.165) is 35.8 Å². The molecule has 0 saturated heterocycles. The highest BCUT2D eigenvalue weighted by atomic mass is 32.2. The van der Waals surface area contributed by atoms with Crippen LogP contribution in [-0.2, 0) is 38.9 Å². The number of aliphatic carboxylic acids is 1. The van der Waals surface area contributed by atoms with Crippen LogP contribution in [0.5, 0.6) is 0 Å². The second-order valence-corrected chi connectivity index (χ2v) is 12.8. The number of carbonyl (C=O) groups is 3. The third-order valence-electron chi connectivity index (χ3n) is 6.50. The lowest BCUT2D eigenvalue weighted by atomic mass is 10.0. The molecule has 0 fully saturated rings. The van der Waals surface area contributed by atoms with Crippen LogP contribution < -0.4 is 10.0 Å². The number of nitrogens with zero attached hydrogens (tertiary/aromatic N) is 2. The van der Waals surface area contributed by atoms with Crippen molar-refractivity contribution in [2.45, 2.75) is 56.9 Å². The number of carbonyl (C=O) groups excluding carboxylic acids is 2. The number of hydrogen-bond acceptors (Lipinski definition) is 8. The fourth-order valence-electron chi connectivity index (χ4n) is 4.66. The normalized spacial score (nSPS) is 12.0. The average molecular weight is 621 g/mol. The zero-order chi connectivity index (χ0) is 31.0. The van der Waals surface area contributed by atoms with Crippen LogP contribution >= 0.6 is 11.3 Å². The van der Waals surface area contributed by atoms with E-state index in [-0.39, 0.29) is 17.2 Å². The van der Waals surface area contributed by atoms with E-state index in [1.807, 2.05) is 48.0 Å². The van der Waals surface area contributed by atoms with Crippen LogP contribution in [0.2, 0.25) is 0 Å². The Morgan fingerprint density at radius 3 is 2.37 bits per heavy atom. The minimum atomic E-state index is -4.08. The molecule has 1 unspecified atom stereocenters. The third-order valence-corrected chi connectivity index (χ3v) is 9.17. The summed E-state index contributed by atoms with van der Waals surface area (Å²) in [5.41, 5.74) is 3.21. The van der Waals surface area contributed by atoms with Gasteiger partial charge in [0.2, 0.25) is 5.91 Å². The van der Waals surface area contributed by atoms with Gasteiger partial charge in [-0.25, -0.2) is 13.1 Å². The van der Waals surface area contributed by atoms with Crippen LogP contribution in [0.15, 0.2) is 78.0 Å². The summed E-state index contributed by atoms with van der Waals surface area (Å²) < 4.78 is 27.3. The smallest absolute Gasteiger partial charge is 0.305 e. The molecule has 43 heavy (non-hydrogen) atoms. The Kier molecular flexibility index (Phi) is 10.4. The Hall–Kier alpha value is -4.42. The first-order chi connectivity index (χ1) is 20.6. The van der Waals surface area contributed by atoms with Gasteiger partial charge in [-0.05, 0) is 36.1 Å². The number of nitrogens with one attached hydrogen (secondary N) is 2. The molecule has 0 bridgehead atoms. The van der Waals surface area contributed by atoms with E-state index in [1.54, 1.807) is 24.4 Å². The fourth-order valence-corrected chi connectivity index (χ4v) is 6.99. The lowest BCUT2D eigenvalue weighted by molar-refractivity contribution is -0.137. The van der Waals surface area contributed by atoms with E-state index in [9.17, 15) is 27.9 Å². The topological polar surface area (TPSA) is 155 Å². The molecule has 2 amide bonds. The van der Waals surface area contributed by atoms with Gasteiger partial charge in [0.25, 0.3) is 15.9 Å². The maximum atomic E-state index is 13.2. The Bertz CT molecular complexity index is 1700. The minimum Gasteiger partial charge on any atom is -0.481 e. The molecule has 0 saturated carbocycles. The van der Waals surface area contributed by atoms with Gasteiger partial charge in [-0.2, -0.15) is 0 Å². The van der Waals surface area contributed by atoms with Crippen LogP contribution in [0.1, 0.15) is 58.1 Å². The summed E-state index contributed by atoms with van der Waals surface area (Å²) in [7, 11) is -4.08. The number of aromatic nitrogens is 2. The van der Waals surface area contributed by atoms with Crippen molar-refractivity contribution < 1.29 is 27.9 Å². The molecule has 0 aliphatic carbocycles. The monoisotopic (exact) mass is 620 g/mol. The number of thiophene rings is 1. The molecular weight excluding hydrogens is 588 g/mol. The Balaban J connectivity index is 1.53. The van der Waals surface area contributed by atoms with Crippen molar-refractivity contribution in [3.05, 3.63) is 99.6 Å². The maximum Gasteiger partial charge on any atom is 0.305 e. The van der Waals surface area contributed by atoms with Crippen molar-refractivity contribution in [1.29, 1.82) is 0 Å². The van der Waals surface area contributed by atoms with Crippen molar-refractivity contribution in [2.75, 3.05) is 0 Å². The van der Waals surface area contributed by atoms with E-state index < -0.39 is 27.9 Å². The summed E-state index contributed by atoms with van der Waals surface area (Å²) in [6.07, 6.45) is 5.28. The van der Waals surface area contributed by atoms with E-state index in [4.69, 9.17) is 0 Å². The van der Waals surface area contributed by atoms with Gasteiger partial charge in [-0.3, -0.25) is 24.4 Å². The van der Waals surface area contributed by atoms with Gasteiger partial charge in [0, 0.05) is 36.0 Å². The Morgan fingerprint density at radius 1 is 1.00 bits per heavy atom. The van der Waals surface area contributed by atoms with Crippen molar-refractivity contribution in [3.63, 3.8) is 0 Å². The van der Waals surface area contributed by atoms with E-state index in [0.29, 0.717) is 34.7 Å². The predicted octanol–water partition coefficient (Wildman–Crippen LogP) is 4.39. The number of aryl methyl sites for hydroxylation is 1. The zero-order valence-corrected chi connectivity index (χ0v) is 25.4. The summed E-state index contributed by atoms with van der Waals surface area (Å²) in [6, 6.07) is 16.9. The minimum absolute atomic E-state index is 0.0835. The van der Waals surface area contributed by atoms with Crippen LogP contribution in [-0.4, -0.2) is 47.3 Å². The Labute approximate surface area is 254 Å². The predicted molar refractivity (Wildman–Crippen MR) is 163 cm³/mol. The first kappa shape index (κ1) is 31.5. The maximum absolute atomic E-state index is 13.2. The molecule has 3 N–H and O–H groups in total. The molecule has 12 heteroatoms. The summed E-state index contributed by atoms with van der Waals surface area (Å²) >= 11 is 1.33. The van der Waals surface area contributed by atoms with Gasteiger partial charge in [-0.15, -0.1) is 11.3 Å². The molecule has 4 aromatic rings. The summed E-state index contributed by atoms with van der Waals surface area (Å²) in [6.45, 7) is 3.17. The van der Waals surface area contributed by atoms with Gasteiger partial charge in [0.1, 0.15) is 0 Å². The number of carboxylic acids is 1. The van der Waals surface area contributed by atoms with E-state index in [1.165, 1.54) is 23.6 Å². The molecule has 2 aromatic heterocycles. The van der Waals surface area contributed by atoms with Crippen molar-refractivity contribution in [1.82, 2.24) is 20.0 Å². The summed E-state index contributed by atoms with van der Waals surface area (Å²) in [5.74, 6) is -2.01. The van der Waals surface area contributed by atoms with Crippen LogP contribution in [0.3, 0.4) is 0 Å². The van der Waals surface area contributed by atoms with Crippen LogP contribution in [0.25, 0.3) is 11.3 Å². The van der Waals surface area contributed by atoms with Gasteiger partial charge in [-0.1, -0.05) is 61.9 Å². The Morgan fingerprint density at radius 2 is 1.72 bits per heavy atom. The van der Waals surface area contributed by atoms with Crippen molar-refractivity contribution in [2.24, 2.45) is 0 Å². The molecule has 10 nitrogen and oxygen atoms in total. The molecule has 0 spiro atoms. The molecular formula is C31H32N4O6S2. The molecule has 0 aliphatic heterocycles. The highest BCUT2D eigenvalue weighted by molar-refractivity contribution is 7.90. The van der Waals surface area contributed by atoms with Gasteiger partial charge in [0.05, 0.1) is 33.8 Å². The number of carboxylic acid groups (broad SMARTS) is 1.